The Bertz CT molecular complexity index is 520. The molecular formula is C19H30N2O2. The lowest BCUT2D eigenvalue weighted by atomic mass is 9.73. The fraction of sp³-hybridized carbons (Fsp3) is 0.737. The molecule has 4 nitrogen and oxygen atoms in total. The molecule has 0 radical (unpaired) electrons. The minimum Gasteiger partial charge on any atom is -0.378 e. The van der Waals surface area contributed by atoms with Crippen LogP contribution in [0.5, 0.6) is 0 Å². The van der Waals surface area contributed by atoms with Gasteiger partial charge >= 0.3 is 0 Å². The van der Waals surface area contributed by atoms with Gasteiger partial charge in [0.15, 0.2) is 0 Å². The van der Waals surface area contributed by atoms with Gasteiger partial charge in [-0.3, -0.25) is 9.88 Å². The summed E-state index contributed by atoms with van der Waals surface area (Å²) in [5, 5.41) is 0. The summed E-state index contributed by atoms with van der Waals surface area (Å²) in [6.45, 7) is 11.1. The van der Waals surface area contributed by atoms with Gasteiger partial charge in [-0.1, -0.05) is 6.07 Å². The minimum atomic E-state index is 0.157. The Balaban J connectivity index is 1.69. The third-order valence-electron chi connectivity index (χ3n) is 5.10. The van der Waals surface area contributed by atoms with E-state index in [0.717, 1.165) is 51.4 Å². The molecule has 0 saturated carbocycles. The zero-order valence-corrected chi connectivity index (χ0v) is 14.8. The summed E-state index contributed by atoms with van der Waals surface area (Å²) in [5.74, 6) is 0. The molecule has 0 aliphatic carbocycles. The lowest BCUT2D eigenvalue weighted by Gasteiger charge is -2.50. The Hall–Kier alpha value is -0.970. The Labute approximate surface area is 140 Å². The normalized spacial score (nSPS) is 28.8. The molecule has 0 aromatic carbocycles. The first-order valence-electron chi connectivity index (χ1n) is 8.95. The maximum atomic E-state index is 6.11. The average molecular weight is 318 g/mol. The van der Waals surface area contributed by atoms with Crippen LogP contribution in [0, 0.1) is 12.3 Å². The standard InChI is InChI=1S/C19H30N2O2/c1-15(2)23-14-19-9-5-11-22-18(19)8-10-21(13-19)12-17-7-4-6-16(3)20-17/h4,6-7,15,18H,5,8-14H2,1-3H3. The molecule has 0 spiro atoms. The van der Waals surface area contributed by atoms with Crippen molar-refractivity contribution < 1.29 is 9.47 Å². The van der Waals surface area contributed by atoms with Gasteiger partial charge in [-0.15, -0.1) is 0 Å². The maximum absolute atomic E-state index is 6.11. The first-order chi connectivity index (χ1) is 11.1. The van der Waals surface area contributed by atoms with Crippen LogP contribution in [0.1, 0.15) is 44.5 Å². The van der Waals surface area contributed by atoms with Crippen molar-refractivity contribution in [3.8, 4) is 0 Å². The number of aryl methyl sites for hydroxylation is 1. The van der Waals surface area contributed by atoms with E-state index in [2.05, 4.69) is 48.9 Å². The van der Waals surface area contributed by atoms with E-state index in [9.17, 15) is 0 Å². The van der Waals surface area contributed by atoms with E-state index >= 15 is 0 Å². The van der Waals surface area contributed by atoms with Crippen molar-refractivity contribution in [2.45, 2.75) is 58.8 Å². The molecule has 2 aliphatic heterocycles. The molecule has 23 heavy (non-hydrogen) atoms. The largest absolute Gasteiger partial charge is 0.378 e. The predicted molar refractivity (Wildman–Crippen MR) is 91.4 cm³/mol. The second-order valence-electron chi connectivity index (χ2n) is 7.45. The topological polar surface area (TPSA) is 34.6 Å². The van der Waals surface area contributed by atoms with Crippen molar-refractivity contribution in [2.75, 3.05) is 26.3 Å². The number of rotatable bonds is 5. The number of likely N-dealkylation sites (tertiary alicyclic amines) is 1. The van der Waals surface area contributed by atoms with Crippen LogP contribution in [0.4, 0.5) is 0 Å². The van der Waals surface area contributed by atoms with Gasteiger partial charge in [0, 0.05) is 37.4 Å². The van der Waals surface area contributed by atoms with Gasteiger partial charge in [-0.25, -0.2) is 0 Å². The number of aromatic nitrogens is 1. The van der Waals surface area contributed by atoms with E-state index in [0.29, 0.717) is 6.10 Å². The van der Waals surface area contributed by atoms with Crippen LogP contribution in [0.3, 0.4) is 0 Å². The monoisotopic (exact) mass is 318 g/mol. The van der Waals surface area contributed by atoms with Crippen LogP contribution in [-0.2, 0) is 16.0 Å². The number of fused-ring (bicyclic) bond motifs is 1. The Morgan fingerprint density at radius 2 is 2.30 bits per heavy atom. The molecule has 2 aliphatic rings. The fourth-order valence-corrected chi connectivity index (χ4v) is 3.98. The maximum Gasteiger partial charge on any atom is 0.0677 e. The highest BCUT2D eigenvalue weighted by atomic mass is 16.5. The number of hydrogen-bond acceptors (Lipinski definition) is 4. The summed E-state index contributed by atoms with van der Waals surface area (Å²) in [6, 6.07) is 6.29. The van der Waals surface area contributed by atoms with Crippen molar-refractivity contribution >= 4 is 0 Å². The molecule has 3 rings (SSSR count). The third-order valence-corrected chi connectivity index (χ3v) is 5.10. The lowest BCUT2D eigenvalue weighted by Crippen LogP contribution is -2.56. The van der Waals surface area contributed by atoms with Gasteiger partial charge in [0.05, 0.1) is 24.5 Å². The van der Waals surface area contributed by atoms with Gasteiger partial charge in [-0.05, 0) is 52.2 Å². The average Bonchev–Trinajstić information content (AvgIpc) is 2.53. The van der Waals surface area contributed by atoms with Gasteiger partial charge in [0.1, 0.15) is 0 Å². The van der Waals surface area contributed by atoms with E-state index < -0.39 is 0 Å². The van der Waals surface area contributed by atoms with E-state index in [1.54, 1.807) is 0 Å². The summed E-state index contributed by atoms with van der Waals surface area (Å²) in [4.78, 5) is 7.20. The SMILES string of the molecule is Cc1cccc(CN2CCC3OCCCC3(COC(C)C)C2)n1. The van der Waals surface area contributed by atoms with Crippen LogP contribution in [-0.4, -0.2) is 48.4 Å². The first-order valence-corrected chi connectivity index (χ1v) is 8.95. The molecule has 0 amide bonds. The highest BCUT2D eigenvalue weighted by Gasteiger charge is 2.46. The van der Waals surface area contributed by atoms with Crippen LogP contribution < -0.4 is 0 Å². The van der Waals surface area contributed by atoms with E-state index in [4.69, 9.17) is 9.47 Å². The van der Waals surface area contributed by atoms with Crippen molar-refractivity contribution in [3.63, 3.8) is 0 Å². The Morgan fingerprint density at radius 3 is 3.09 bits per heavy atom. The number of hydrogen-bond donors (Lipinski definition) is 0. The van der Waals surface area contributed by atoms with Crippen molar-refractivity contribution in [3.05, 3.63) is 29.6 Å². The molecule has 2 saturated heterocycles. The molecular weight excluding hydrogens is 288 g/mol. The molecule has 2 atom stereocenters. The molecule has 1 aromatic rings. The summed E-state index contributed by atoms with van der Waals surface area (Å²) >= 11 is 0. The molecule has 4 heteroatoms. The molecule has 0 bridgehead atoms. The van der Waals surface area contributed by atoms with Crippen LogP contribution in [0.25, 0.3) is 0 Å². The molecule has 1 aromatic heterocycles. The van der Waals surface area contributed by atoms with Crippen LogP contribution in [0.15, 0.2) is 18.2 Å². The Kier molecular flexibility index (Phi) is 5.34. The lowest BCUT2D eigenvalue weighted by molar-refractivity contribution is -0.159. The smallest absolute Gasteiger partial charge is 0.0677 e. The first kappa shape index (κ1) is 16.9. The van der Waals surface area contributed by atoms with Crippen molar-refractivity contribution in [2.24, 2.45) is 5.41 Å². The van der Waals surface area contributed by atoms with Gasteiger partial charge in [0.25, 0.3) is 0 Å². The van der Waals surface area contributed by atoms with Gasteiger partial charge < -0.3 is 9.47 Å². The van der Waals surface area contributed by atoms with E-state index in [-0.39, 0.29) is 11.5 Å². The number of piperidine rings is 1. The second kappa shape index (κ2) is 7.29. The van der Waals surface area contributed by atoms with E-state index in [1.165, 1.54) is 12.1 Å². The molecule has 0 N–H and O–H groups in total. The fourth-order valence-electron chi connectivity index (χ4n) is 3.98. The van der Waals surface area contributed by atoms with Gasteiger partial charge in [-0.2, -0.15) is 0 Å². The highest BCUT2D eigenvalue weighted by Crippen LogP contribution is 2.41. The van der Waals surface area contributed by atoms with Gasteiger partial charge in [0.2, 0.25) is 0 Å². The quantitative estimate of drug-likeness (QED) is 0.835. The number of pyridine rings is 1. The van der Waals surface area contributed by atoms with Crippen molar-refractivity contribution in [1.82, 2.24) is 9.88 Å². The third kappa shape index (κ3) is 4.11. The summed E-state index contributed by atoms with van der Waals surface area (Å²) in [7, 11) is 0. The molecule has 2 unspecified atom stereocenters. The zero-order valence-electron chi connectivity index (χ0n) is 14.8. The minimum absolute atomic E-state index is 0.157. The van der Waals surface area contributed by atoms with E-state index in [1.807, 2.05) is 0 Å². The number of ether oxygens (including phenoxy) is 2. The highest BCUT2D eigenvalue weighted by molar-refractivity contribution is 5.10. The summed E-state index contributed by atoms with van der Waals surface area (Å²) in [6.07, 6.45) is 4.10. The summed E-state index contributed by atoms with van der Waals surface area (Å²) < 4.78 is 12.1. The molecule has 3 heterocycles. The zero-order chi connectivity index (χ0) is 16.3. The predicted octanol–water partition coefficient (Wildman–Crippen LogP) is 3.19. The van der Waals surface area contributed by atoms with Crippen LogP contribution >= 0.6 is 0 Å². The van der Waals surface area contributed by atoms with Crippen LogP contribution in [0.2, 0.25) is 0 Å². The molecule has 128 valence electrons. The Morgan fingerprint density at radius 1 is 1.43 bits per heavy atom. The second-order valence-corrected chi connectivity index (χ2v) is 7.45. The van der Waals surface area contributed by atoms with Crippen molar-refractivity contribution in [1.29, 1.82) is 0 Å². The molecule has 2 fully saturated rings. The number of nitrogens with zero attached hydrogens (tertiary/aromatic N) is 2. The summed E-state index contributed by atoms with van der Waals surface area (Å²) in [5.41, 5.74) is 2.42.